The number of hydrogen-bond donors (Lipinski definition) is 0. The molecule has 0 bridgehead atoms. The van der Waals surface area contributed by atoms with E-state index in [2.05, 4.69) is 13.1 Å². The van der Waals surface area contributed by atoms with Crippen molar-refractivity contribution >= 4 is 26.2 Å². The van der Waals surface area contributed by atoms with Crippen molar-refractivity contribution in [2.45, 2.75) is 19.4 Å². The number of esters is 1. The zero-order valence-corrected chi connectivity index (χ0v) is 10.6. The Labute approximate surface area is 99.1 Å². The van der Waals surface area contributed by atoms with E-state index in [0.717, 1.165) is 0 Å². The van der Waals surface area contributed by atoms with Gasteiger partial charge in [-0.15, -0.1) is 0 Å². The van der Waals surface area contributed by atoms with E-state index < -0.39 is 44.0 Å². The van der Waals surface area contributed by atoms with E-state index >= 15 is 0 Å². The maximum absolute atomic E-state index is 11.3. The Bertz CT molecular complexity index is 476. The molecule has 0 N–H and O–H groups in total. The number of carbonyl (C=O) groups excluding carboxylic acids is 1. The lowest BCUT2D eigenvalue weighted by Crippen LogP contribution is -2.31. The summed E-state index contributed by atoms with van der Waals surface area (Å²) < 4.78 is 57.8. The Hall–Kier alpha value is -0.710. The van der Waals surface area contributed by atoms with Crippen molar-refractivity contribution in [3.8, 4) is 0 Å². The van der Waals surface area contributed by atoms with Gasteiger partial charge < -0.3 is 4.74 Å². The molecule has 100 valence electrons. The summed E-state index contributed by atoms with van der Waals surface area (Å²) in [7, 11) is -8.59. The first kappa shape index (κ1) is 14.4. The van der Waals surface area contributed by atoms with Crippen molar-refractivity contribution in [3.05, 3.63) is 0 Å². The van der Waals surface area contributed by atoms with Crippen molar-refractivity contribution in [1.29, 1.82) is 0 Å². The summed E-state index contributed by atoms with van der Waals surface area (Å²) in [5, 5.41) is -1.31. The monoisotopic (exact) mass is 288 g/mol. The predicted octanol–water partition coefficient (Wildman–Crippen LogP) is -1.03. The molecule has 8 nitrogen and oxygen atoms in total. The van der Waals surface area contributed by atoms with Gasteiger partial charge in [0.25, 0.3) is 20.2 Å². The van der Waals surface area contributed by atoms with E-state index in [1.807, 2.05) is 0 Å². The highest BCUT2D eigenvalue weighted by molar-refractivity contribution is 8.03. The van der Waals surface area contributed by atoms with Gasteiger partial charge in [0.1, 0.15) is 6.61 Å². The summed E-state index contributed by atoms with van der Waals surface area (Å²) in [6.07, 6.45) is -1.03. The Morgan fingerprint density at radius 2 is 1.94 bits per heavy atom. The molecule has 0 aromatic heterocycles. The van der Waals surface area contributed by atoms with Crippen LogP contribution in [-0.4, -0.2) is 47.2 Å². The molecule has 0 spiro atoms. The third kappa shape index (κ3) is 4.58. The Morgan fingerprint density at radius 3 is 2.53 bits per heavy atom. The van der Waals surface area contributed by atoms with Crippen LogP contribution >= 0.6 is 0 Å². The molecule has 10 heteroatoms. The smallest absolute Gasteiger partial charge is 0.339 e. The normalized spacial score (nSPS) is 27.0. The topological polar surface area (TPSA) is 113 Å². The molecule has 0 aromatic rings. The molecule has 17 heavy (non-hydrogen) atoms. The fourth-order valence-corrected chi connectivity index (χ4v) is 3.74. The predicted molar refractivity (Wildman–Crippen MR) is 54.8 cm³/mol. The Balaban J connectivity index is 2.80. The third-order valence-corrected chi connectivity index (χ3v) is 4.99. The standard InChI is InChI=1S/C7H12O8S2/c1-2-3-13-7(8)6-4-14-16(9,10)5-17(11,12)15-6/h6H,2-5H2,1H3. The molecule has 0 saturated carbocycles. The van der Waals surface area contributed by atoms with Crippen LogP contribution in [0.5, 0.6) is 0 Å². The van der Waals surface area contributed by atoms with Crippen LogP contribution in [0.25, 0.3) is 0 Å². The molecule has 1 aliphatic heterocycles. The van der Waals surface area contributed by atoms with Gasteiger partial charge in [-0.25, -0.2) is 4.79 Å². The van der Waals surface area contributed by atoms with E-state index in [1.165, 1.54) is 0 Å². The van der Waals surface area contributed by atoms with Crippen molar-refractivity contribution in [2.24, 2.45) is 0 Å². The minimum Gasteiger partial charge on any atom is -0.464 e. The number of ether oxygens (including phenoxy) is 1. The molecule has 1 atom stereocenters. The second-order valence-electron chi connectivity index (χ2n) is 3.27. The fourth-order valence-electron chi connectivity index (χ4n) is 1.01. The van der Waals surface area contributed by atoms with Gasteiger partial charge >= 0.3 is 5.97 Å². The van der Waals surface area contributed by atoms with Crippen molar-refractivity contribution < 1.29 is 34.7 Å². The quantitative estimate of drug-likeness (QED) is 0.478. The molecule has 1 heterocycles. The van der Waals surface area contributed by atoms with Crippen LogP contribution in [0.2, 0.25) is 0 Å². The lowest BCUT2D eigenvalue weighted by Gasteiger charge is -2.11. The molecule has 1 rings (SSSR count). The molecule has 1 aliphatic rings. The highest BCUT2D eigenvalue weighted by Crippen LogP contribution is 2.13. The molecule has 0 amide bonds. The van der Waals surface area contributed by atoms with Gasteiger partial charge in [-0.1, -0.05) is 6.92 Å². The first-order valence-electron chi connectivity index (χ1n) is 4.70. The summed E-state index contributed by atoms with van der Waals surface area (Å²) in [6, 6.07) is 0. The van der Waals surface area contributed by atoms with E-state index in [4.69, 9.17) is 0 Å². The van der Waals surface area contributed by atoms with E-state index in [-0.39, 0.29) is 6.61 Å². The molecule has 1 saturated heterocycles. The molecule has 1 unspecified atom stereocenters. The van der Waals surface area contributed by atoms with Crippen molar-refractivity contribution in [3.63, 3.8) is 0 Å². The second kappa shape index (κ2) is 5.29. The SMILES string of the molecule is CCCOC(=O)C1COS(=O)(=O)CS(=O)(=O)O1. The van der Waals surface area contributed by atoms with Crippen LogP contribution in [0.4, 0.5) is 0 Å². The second-order valence-corrected chi connectivity index (χ2v) is 6.87. The van der Waals surface area contributed by atoms with E-state index in [9.17, 15) is 21.6 Å². The zero-order valence-electron chi connectivity index (χ0n) is 8.99. The van der Waals surface area contributed by atoms with Crippen LogP contribution in [0, 0.1) is 0 Å². The molecule has 1 fully saturated rings. The van der Waals surface area contributed by atoms with Gasteiger partial charge in [0.2, 0.25) is 5.08 Å². The molecule has 0 aromatic carbocycles. The number of hydrogen-bond acceptors (Lipinski definition) is 8. The first-order valence-corrected chi connectivity index (χ1v) is 7.86. The van der Waals surface area contributed by atoms with E-state index in [1.54, 1.807) is 6.92 Å². The fraction of sp³-hybridized carbons (Fsp3) is 0.857. The molecule has 0 radical (unpaired) electrons. The lowest BCUT2D eigenvalue weighted by atomic mass is 10.4. The summed E-state index contributed by atoms with van der Waals surface area (Å²) in [4.78, 5) is 11.3. The summed E-state index contributed by atoms with van der Waals surface area (Å²) in [5.74, 6) is -0.965. The van der Waals surface area contributed by atoms with Gasteiger partial charge in [0, 0.05) is 0 Å². The Morgan fingerprint density at radius 1 is 1.29 bits per heavy atom. The maximum atomic E-state index is 11.3. The van der Waals surface area contributed by atoms with Crippen LogP contribution in [0.1, 0.15) is 13.3 Å². The average molecular weight is 288 g/mol. The van der Waals surface area contributed by atoms with Crippen LogP contribution < -0.4 is 0 Å². The van der Waals surface area contributed by atoms with Gasteiger partial charge in [-0.05, 0) is 6.42 Å². The van der Waals surface area contributed by atoms with Crippen LogP contribution in [0.3, 0.4) is 0 Å². The number of rotatable bonds is 3. The summed E-state index contributed by atoms with van der Waals surface area (Å²) >= 11 is 0. The van der Waals surface area contributed by atoms with Crippen LogP contribution in [-0.2, 0) is 38.1 Å². The van der Waals surface area contributed by atoms with Crippen molar-refractivity contribution in [2.75, 3.05) is 18.3 Å². The molecular weight excluding hydrogens is 276 g/mol. The maximum Gasteiger partial charge on any atom is 0.339 e. The van der Waals surface area contributed by atoms with Gasteiger partial charge in [0.05, 0.1) is 6.61 Å². The minimum absolute atomic E-state index is 0.0888. The molecular formula is C7H12O8S2. The van der Waals surface area contributed by atoms with E-state index in [0.29, 0.717) is 6.42 Å². The number of carbonyl (C=O) groups is 1. The Kier molecular flexibility index (Phi) is 4.47. The largest absolute Gasteiger partial charge is 0.464 e. The highest BCUT2D eigenvalue weighted by Gasteiger charge is 2.37. The van der Waals surface area contributed by atoms with Crippen molar-refractivity contribution in [1.82, 2.24) is 0 Å². The first-order chi connectivity index (χ1) is 7.76. The van der Waals surface area contributed by atoms with Gasteiger partial charge in [0.15, 0.2) is 6.10 Å². The zero-order chi connectivity index (χ0) is 13.1. The minimum atomic E-state index is -4.36. The third-order valence-electron chi connectivity index (χ3n) is 1.66. The lowest BCUT2D eigenvalue weighted by molar-refractivity contribution is -0.152. The van der Waals surface area contributed by atoms with Gasteiger partial charge in [-0.3, -0.25) is 8.37 Å². The molecule has 0 aliphatic carbocycles. The highest BCUT2D eigenvalue weighted by atomic mass is 32.3. The summed E-state index contributed by atoms with van der Waals surface area (Å²) in [5.41, 5.74) is 0. The average Bonchev–Trinajstić information content (AvgIpc) is 2.29. The summed E-state index contributed by atoms with van der Waals surface area (Å²) in [6.45, 7) is 1.13. The van der Waals surface area contributed by atoms with Crippen LogP contribution in [0.15, 0.2) is 0 Å². The van der Waals surface area contributed by atoms with Gasteiger partial charge in [-0.2, -0.15) is 16.8 Å².